The maximum atomic E-state index is 11.8. The van der Waals surface area contributed by atoms with Crippen molar-refractivity contribution in [1.29, 1.82) is 0 Å². The zero-order valence-corrected chi connectivity index (χ0v) is 7.09. The number of rotatable bonds is 3. The van der Waals surface area contributed by atoms with Gasteiger partial charge in [0, 0.05) is 25.1 Å². The molecule has 1 saturated heterocycles. The van der Waals surface area contributed by atoms with E-state index in [-0.39, 0.29) is 17.9 Å². The number of ketones is 1. The molecule has 14 heavy (non-hydrogen) atoms. The van der Waals surface area contributed by atoms with Gasteiger partial charge in [0.2, 0.25) is 0 Å². The lowest BCUT2D eigenvalue weighted by Crippen LogP contribution is -2.18. The number of H-pyrrole nitrogens is 1. The Morgan fingerprint density at radius 3 is 3.57 bits per heavy atom. The predicted molar refractivity (Wildman–Crippen MR) is 49.7 cm³/mol. The highest BCUT2D eigenvalue weighted by molar-refractivity contribution is 5.76. The normalized spacial score (nSPS) is 36.9. The van der Waals surface area contributed by atoms with Crippen molar-refractivity contribution in [2.75, 3.05) is 6.79 Å². The van der Waals surface area contributed by atoms with Crippen LogP contribution in [0, 0.1) is 0 Å². The number of aromatic amines is 1. The van der Waals surface area contributed by atoms with E-state index in [9.17, 15) is 4.79 Å². The third kappa shape index (κ3) is 1.86. The highest BCUT2D eigenvalue weighted by Crippen LogP contribution is 2.29. The zero-order chi connectivity index (χ0) is 16.9. The third-order valence-electron chi connectivity index (χ3n) is 1.78. The highest BCUT2D eigenvalue weighted by atomic mass is 16.7. The smallest absolute Gasteiger partial charge is 0.148 e. The lowest BCUT2D eigenvalue weighted by atomic mass is 10.1. The van der Waals surface area contributed by atoms with Crippen LogP contribution in [-0.2, 0) is 14.3 Å². The Morgan fingerprint density at radius 2 is 2.86 bits per heavy atom. The van der Waals surface area contributed by atoms with Crippen LogP contribution in [0.5, 0.6) is 0 Å². The molecule has 1 aliphatic heterocycles. The van der Waals surface area contributed by atoms with Crippen LogP contribution in [0.1, 0.15) is 36.0 Å². The summed E-state index contributed by atoms with van der Waals surface area (Å²) in [6.45, 7) is -3.55. The number of ether oxygens (including phenoxy) is 2. The van der Waals surface area contributed by atoms with Gasteiger partial charge in [-0.25, -0.2) is 0 Å². The Labute approximate surface area is 93.5 Å². The first-order chi connectivity index (χ1) is 9.98. The van der Waals surface area contributed by atoms with E-state index >= 15 is 0 Å². The summed E-state index contributed by atoms with van der Waals surface area (Å²) < 4.78 is 69.5. The van der Waals surface area contributed by atoms with Crippen molar-refractivity contribution in [3.63, 3.8) is 0 Å². The second kappa shape index (κ2) is 3.94. The molecule has 0 radical (unpaired) electrons. The molecule has 1 fully saturated rings. The first-order valence-electron chi connectivity index (χ1n) is 7.91. The van der Waals surface area contributed by atoms with Gasteiger partial charge in [0.15, 0.2) is 0 Å². The molecule has 2 atom stereocenters. The molecular weight excluding hydrogens is 182 g/mol. The van der Waals surface area contributed by atoms with Gasteiger partial charge in [0.25, 0.3) is 0 Å². The molecule has 4 heteroatoms. The van der Waals surface area contributed by atoms with Crippen molar-refractivity contribution in [2.24, 2.45) is 0 Å². The van der Waals surface area contributed by atoms with E-state index in [1.807, 2.05) is 0 Å². The second-order valence-electron chi connectivity index (χ2n) is 2.68. The largest absolute Gasteiger partial charge is 0.363 e. The fraction of sp³-hybridized carbons (Fsp3) is 0.500. The van der Waals surface area contributed by atoms with E-state index in [1.165, 1.54) is 0 Å². The molecule has 0 saturated carbocycles. The van der Waals surface area contributed by atoms with Crippen molar-refractivity contribution in [1.82, 2.24) is 4.98 Å². The van der Waals surface area contributed by atoms with E-state index < -0.39 is 44.1 Å². The molecular formula is C10H13NO3. The molecule has 76 valence electrons. The van der Waals surface area contributed by atoms with E-state index in [0.717, 1.165) is 0 Å². The van der Waals surface area contributed by atoms with Crippen molar-refractivity contribution in [3.8, 4) is 0 Å². The van der Waals surface area contributed by atoms with Crippen LogP contribution in [0.3, 0.4) is 0 Å². The molecule has 2 heterocycles. The predicted octanol–water partition coefficient (Wildman–Crippen LogP) is 1.41. The Kier molecular flexibility index (Phi) is 1.07. The molecule has 0 amide bonds. The lowest BCUT2D eigenvalue weighted by molar-refractivity contribution is -0.119. The van der Waals surface area contributed by atoms with E-state index in [1.54, 1.807) is 0 Å². The van der Waals surface area contributed by atoms with Crippen LogP contribution in [0.25, 0.3) is 0 Å². The first kappa shape index (κ1) is 3.79. The van der Waals surface area contributed by atoms with E-state index in [0.29, 0.717) is 0 Å². The van der Waals surface area contributed by atoms with Crippen molar-refractivity contribution >= 4 is 5.78 Å². The monoisotopic (exact) mass is 203 g/mol. The standard InChI is InChI=1S/C10H13NO3/c1-7(12)5-9-10(14-6-13-9)8-3-2-4-11-8/h2-4,9-11H,5-6H2,1H3/i1D3,2D,3D,4D,5D2. The third-order valence-corrected chi connectivity index (χ3v) is 1.78. The van der Waals surface area contributed by atoms with Gasteiger partial charge >= 0.3 is 0 Å². The molecule has 1 N–H and O–H groups in total. The maximum absolute atomic E-state index is 11.8. The molecule has 1 aromatic rings. The summed E-state index contributed by atoms with van der Waals surface area (Å²) in [4.78, 5) is 14.2. The summed E-state index contributed by atoms with van der Waals surface area (Å²) in [6, 6.07) is -0.797. The number of Topliss-reactive ketones (excluding diaryl/α,β-unsaturated/α-hetero) is 1. The van der Waals surface area contributed by atoms with Crippen LogP contribution in [0.2, 0.25) is 0 Å². The van der Waals surface area contributed by atoms with Gasteiger partial charge in [-0.15, -0.1) is 0 Å². The van der Waals surface area contributed by atoms with E-state index in [2.05, 4.69) is 4.98 Å². The van der Waals surface area contributed by atoms with Crippen molar-refractivity contribution < 1.29 is 25.2 Å². The fourth-order valence-corrected chi connectivity index (χ4v) is 1.21. The Hall–Kier alpha value is -1.13. The topological polar surface area (TPSA) is 51.3 Å². The summed E-state index contributed by atoms with van der Waals surface area (Å²) in [5.74, 6) is -1.63. The van der Waals surface area contributed by atoms with E-state index in [4.69, 9.17) is 20.4 Å². The van der Waals surface area contributed by atoms with Crippen molar-refractivity contribution in [2.45, 2.75) is 25.4 Å². The number of aromatic nitrogens is 1. The van der Waals surface area contributed by atoms with Crippen LogP contribution >= 0.6 is 0 Å². The van der Waals surface area contributed by atoms with Gasteiger partial charge < -0.3 is 14.5 Å². The Morgan fingerprint density at radius 1 is 1.93 bits per heavy atom. The summed E-state index contributed by atoms with van der Waals surface area (Å²) >= 11 is 0. The minimum Gasteiger partial charge on any atom is -0.363 e. The van der Waals surface area contributed by atoms with Gasteiger partial charge in [0.05, 0.1) is 10.2 Å². The maximum Gasteiger partial charge on any atom is 0.148 e. The Balaban J connectivity index is 2.38. The molecule has 2 rings (SSSR count). The lowest BCUT2D eigenvalue weighted by Gasteiger charge is -2.13. The van der Waals surface area contributed by atoms with Gasteiger partial charge in [-0.3, -0.25) is 4.79 Å². The number of carbonyl (C=O) groups is 1. The molecule has 0 aliphatic carbocycles. The SMILES string of the molecule is [2H]c1[nH]c(C2OCOC2C([2H])([2H])C(=O)C([2H])([2H])[2H])c([2H])c1[2H]. The van der Waals surface area contributed by atoms with Gasteiger partial charge in [-0.05, 0) is 18.9 Å². The van der Waals surface area contributed by atoms with Gasteiger partial charge in [-0.2, -0.15) is 0 Å². The Bertz CT molecular complexity index is 596. The fourth-order valence-electron chi connectivity index (χ4n) is 1.21. The van der Waals surface area contributed by atoms with Crippen molar-refractivity contribution in [3.05, 3.63) is 24.0 Å². The summed E-state index contributed by atoms with van der Waals surface area (Å²) in [5, 5.41) is 0. The molecule has 2 unspecified atom stereocenters. The minimum absolute atomic E-state index is 0.0975. The zero-order valence-electron chi connectivity index (χ0n) is 15.1. The van der Waals surface area contributed by atoms with Gasteiger partial charge in [0.1, 0.15) is 18.7 Å². The molecule has 1 aliphatic rings. The quantitative estimate of drug-likeness (QED) is 0.808. The summed E-state index contributed by atoms with van der Waals surface area (Å²) in [7, 11) is 0. The van der Waals surface area contributed by atoms with Crippen LogP contribution in [0.4, 0.5) is 0 Å². The average molecular weight is 203 g/mol. The molecule has 0 bridgehead atoms. The second-order valence-corrected chi connectivity index (χ2v) is 2.68. The average Bonchev–Trinajstić information content (AvgIpc) is 2.98. The number of carbonyl (C=O) groups excluding carboxylic acids is 1. The van der Waals surface area contributed by atoms with Crippen LogP contribution < -0.4 is 0 Å². The molecule has 0 aromatic carbocycles. The van der Waals surface area contributed by atoms with Gasteiger partial charge in [-0.1, -0.05) is 0 Å². The molecule has 4 nitrogen and oxygen atoms in total. The van der Waals surface area contributed by atoms with Crippen LogP contribution in [0.15, 0.2) is 18.3 Å². The minimum atomic E-state index is -3.15. The summed E-state index contributed by atoms with van der Waals surface area (Å²) in [5.41, 5.74) is -0.0975. The number of nitrogens with one attached hydrogen (secondary N) is 1. The molecule has 0 spiro atoms. The first-order valence-corrected chi connectivity index (χ1v) is 3.91. The highest BCUT2D eigenvalue weighted by Gasteiger charge is 2.31. The number of hydrogen-bond acceptors (Lipinski definition) is 3. The van der Waals surface area contributed by atoms with Crippen LogP contribution in [-0.4, -0.2) is 23.7 Å². The summed E-state index contributed by atoms with van der Waals surface area (Å²) in [6.07, 6.45) is -6.12. The molecule has 1 aromatic heterocycles. The number of hydrogen-bond donors (Lipinski definition) is 1.